The number of rotatable bonds is 6. The van der Waals surface area contributed by atoms with Crippen molar-refractivity contribution in [3.8, 4) is 28.9 Å². The standard InChI is InChI=1S/C24H25NO6/c1-5-21(17-6-10-19(11-7-17)30-15(3)26)22-14(2)23(28)25(24(22)29)18-8-12-20(13-9-18)31-16(4)27/h6-13,21,28-29H,5H2,1-4H3. The van der Waals surface area contributed by atoms with Gasteiger partial charge in [0.25, 0.3) is 0 Å². The third kappa shape index (κ3) is 4.55. The van der Waals surface area contributed by atoms with Gasteiger partial charge in [0, 0.05) is 30.9 Å². The number of aromatic hydroxyl groups is 2. The zero-order chi connectivity index (χ0) is 22.7. The van der Waals surface area contributed by atoms with Crippen molar-refractivity contribution >= 4 is 11.9 Å². The summed E-state index contributed by atoms with van der Waals surface area (Å²) in [5.41, 5.74) is 2.63. The Balaban J connectivity index is 2.00. The highest BCUT2D eigenvalue weighted by Crippen LogP contribution is 2.44. The quantitative estimate of drug-likeness (QED) is 0.445. The van der Waals surface area contributed by atoms with Crippen LogP contribution in [0.15, 0.2) is 48.5 Å². The van der Waals surface area contributed by atoms with Gasteiger partial charge in [0.1, 0.15) is 11.5 Å². The Kier molecular flexibility index (Phi) is 6.34. The Morgan fingerprint density at radius 2 is 1.35 bits per heavy atom. The number of carbonyl (C=O) groups excluding carboxylic acids is 2. The summed E-state index contributed by atoms with van der Waals surface area (Å²) in [6, 6.07) is 13.6. The summed E-state index contributed by atoms with van der Waals surface area (Å²) < 4.78 is 11.5. The van der Waals surface area contributed by atoms with Gasteiger partial charge in [-0.25, -0.2) is 0 Å². The zero-order valence-electron chi connectivity index (χ0n) is 17.9. The van der Waals surface area contributed by atoms with E-state index in [0.717, 1.165) is 5.56 Å². The summed E-state index contributed by atoms with van der Waals surface area (Å²) in [4.78, 5) is 22.2. The first kappa shape index (κ1) is 22.0. The molecule has 1 atom stereocenters. The molecule has 1 aromatic heterocycles. The van der Waals surface area contributed by atoms with Crippen molar-refractivity contribution in [2.45, 2.75) is 40.0 Å². The van der Waals surface area contributed by atoms with Crippen LogP contribution < -0.4 is 9.47 Å². The molecule has 2 aromatic carbocycles. The SMILES string of the molecule is CCC(c1ccc(OC(C)=O)cc1)c1c(C)c(O)n(-c2ccc(OC(C)=O)cc2)c1O. The first-order valence-electron chi connectivity index (χ1n) is 9.93. The molecule has 1 heterocycles. The van der Waals surface area contributed by atoms with Gasteiger partial charge in [0.05, 0.1) is 5.69 Å². The van der Waals surface area contributed by atoms with E-state index in [2.05, 4.69) is 0 Å². The molecule has 31 heavy (non-hydrogen) atoms. The molecule has 3 aromatic rings. The van der Waals surface area contributed by atoms with Crippen LogP contribution in [-0.2, 0) is 9.59 Å². The number of ether oxygens (including phenoxy) is 2. The van der Waals surface area contributed by atoms with Crippen molar-refractivity contribution in [2.24, 2.45) is 0 Å². The largest absolute Gasteiger partial charge is 0.494 e. The van der Waals surface area contributed by atoms with Crippen LogP contribution in [0.1, 0.15) is 49.8 Å². The maximum Gasteiger partial charge on any atom is 0.308 e. The number of carbonyl (C=O) groups is 2. The van der Waals surface area contributed by atoms with Gasteiger partial charge in [0.2, 0.25) is 11.8 Å². The van der Waals surface area contributed by atoms with E-state index >= 15 is 0 Å². The average Bonchev–Trinajstić information content (AvgIpc) is 2.93. The topological polar surface area (TPSA) is 98.0 Å². The molecule has 0 radical (unpaired) electrons. The minimum atomic E-state index is -0.428. The monoisotopic (exact) mass is 423 g/mol. The molecule has 0 amide bonds. The molecule has 0 saturated heterocycles. The Bertz CT molecular complexity index is 1100. The van der Waals surface area contributed by atoms with Gasteiger partial charge in [-0.15, -0.1) is 0 Å². The van der Waals surface area contributed by atoms with Crippen molar-refractivity contribution < 1.29 is 29.3 Å². The second-order valence-corrected chi connectivity index (χ2v) is 7.23. The molecular formula is C24H25NO6. The van der Waals surface area contributed by atoms with Crippen LogP contribution >= 0.6 is 0 Å². The molecule has 7 nitrogen and oxygen atoms in total. The molecule has 2 N–H and O–H groups in total. The fraction of sp³-hybridized carbons (Fsp3) is 0.250. The maximum absolute atomic E-state index is 11.1. The van der Waals surface area contributed by atoms with Crippen LogP contribution in [0.5, 0.6) is 23.3 Å². The number of hydrogen-bond donors (Lipinski definition) is 2. The zero-order valence-corrected chi connectivity index (χ0v) is 17.9. The third-order valence-corrected chi connectivity index (χ3v) is 5.06. The molecule has 162 valence electrons. The van der Waals surface area contributed by atoms with E-state index in [1.807, 2.05) is 19.1 Å². The smallest absolute Gasteiger partial charge is 0.308 e. The lowest BCUT2D eigenvalue weighted by Crippen LogP contribution is -2.03. The highest BCUT2D eigenvalue weighted by atomic mass is 16.5. The Morgan fingerprint density at radius 1 is 0.871 bits per heavy atom. The molecule has 0 saturated carbocycles. The second kappa shape index (κ2) is 8.95. The molecule has 0 spiro atoms. The minimum absolute atomic E-state index is 0.0638. The van der Waals surface area contributed by atoms with Crippen molar-refractivity contribution in [1.82, 2.24) is 4.57 Å². The van der Waals surface area contributed by atoms with Crippen molar-refractivity contribution in [1.29, 1.82) is 0 Å². The molecule has 1 unspecified atom stereocenters. The fourth-order valence-electron chi connectivity index (χ4n) is 3.71. The van der Waals surface area contributed by atoms with Gasteiger partial charge >= 0.3 is 11.9 Å². The van der Waals surface area contributed by atoms with Gasteiger partial charge in [-0.1, -0.05) is 19.1 Å². The summed E-state index contributed by atoms with van der Waals surface area (Å²) in [7, 11) is 0. The van der Waals surface area contributed by atoms with Crippen LogP contribution in [0.2, 0.25) is 0 Å². The van der Waals surface area contributed by atoms with E-state index in [1.54, 1.807) is 43.3 Å². The highest BCUT2D eigenvalue weighted by Gasteiger charge is 2.27. The van der Waals surface area contributed by atoms with E-state index in [1.165, 1.54) is 18.4 Å². The first-order chi connectivity index (χ1) is 14.7. The second-order valence-electron chi connectivity index (χ2n) is 7.23. The summed E-state index contributed by atoms with van der Waals surface area (Å²) >= 11 is 0. The summed E-state index contributed by atoms with van der Waals surface area (Å²) in [5.74, 6) is -0.315. The number of esters is 2. The number of aromatic nitrogens is 1. The van der Waals surface area contributed by atoms with Gasteiger partial charge in [-0.3, -0.25) is 14.2 Å². The van der Waals surface area contributed by atoms with Crippen LogP contribution in [-0.4, -0.2) is 26.7 Å². The minimum Gasteiger partial charge on any atom is -0.494 e. The number of nitrogens with zero attached hydrogens (tertiary/aromatic N) is 1. The lowest BCUT2D eigenvalue weighted by Gasteiger charge is -2.17. The lowest BCUT2D eigenvalue weighted by atomic mass is 9.88. The van der Waals surface area contributed by atoms with Gasteiger partial charge in [-0.2, -0.15) is 0 Å². The predicted octanol–water partition coefficient (Wildman–Crippen LogP) is 4.59. The number of hydrogen-bond acceptors (Lipinski definition) is 6. The van der Waals surface area contributed by atoms with Crippen LogP contribution in [0.4, 0.5) is 0 Å². The van der Waals surface area contributed by atoms with E-state index in [4.69, 9.17) is 9.47 Å². The van der Waals surface area contributed by atoms with Crippen LogP contribution in [0.3, 0.4) is 0 Å². The van der Waals surface area contributed by atoms with Crippen LogP contribution in [0.25, 0.3) is 5.69 Å². The molecule has 0 aliphatic heterocycles. The predicted molar refractivity (Wildman–Crippen MR) is 115 cm³/mol. The Morgan fingerprint density at radius 3 is 1.81 bits per heavy atom. The van der Waals surface area contributed by atoms with Crippen LogP contribution in [0, 0.1) is 6.92 Å². The van der Waals surface area contributed by atoms with Crippen molar-refractivity contribution in [2.75, 3.05) is 0 Å². The molecule has 3 rings (SSSR count). The van der Waals surface area contributed by atoms with E-state index in [0.29, 0.717) is 34.7 Å². The summed E-state index contributed by atoms with van der Waals surface area (Å²) in [5, 5.41) is 21.8. The molecule has 0 aliphatic carbocycles. The summed E-state index contributed by atoms with van der Waals surface area (Å²) in [6.07, 6.45) is 0.677. The van der Waals surface area contributed by atoms with E-state index < -0.39 is 11.9 Å². The molecule has 7 heteroatoms. The Hall–Kier alpha value is -3.74. The van der Waals surface area contributed by atoms with Crippen molar-refractivity contribution in [3.63, 3.8) is 0 Å². The first-order valence-corrected chi connectivity index (χ1v) is 9.93. The normalized spacial score (nSPS) is 11.7. The van der Waals surface area contributed by atoms with E-state index in [9.17, 15) is 19.8 Å². The average molecular weight is 423 g/mol. The van der Waals surface area contributed by atoms with Gasteiger partial charge in [-0.05, 0) is 55.3 Å². The van der Waals surface area contributed by atoms with Crippen molar-refractivity contribution in [3.05, 3.63) is 65.2 Å². The van der Waals surface area contributed by atoms with Gasteiger partial charge < -0.3 is 19.7 Å². The molecule has 0 aliphatic rings. The van der Waals surface area contributed by atoms with E-state index in [-0.39, 0.29) is 17.7 Å². The Labute approximate surface area is 180 Å². The molecular weight excluding hydrogens is 398 g/mol. The van der Waals surface area contributed by atoms with Gasteiger partial charge in [0.15, 0.2) is 0 Å². The maximum atomic E-state index is 11.1. The highest BCUT2D eigenvalue weighted by molar-refractivity contribution is 5.70. The third-order valence-electron chi connectivity index (χ3n) is 5.06. The lowest BCUT2D eigenvalue weighted by molar-refractivity contribution is -0.132. The molecule has 0 fully saturated rings. The summed E-state index contributed by atoms with van der Waals surface area (Å²) in [6.45, 7) is 6.40. The molecule has 0 bridgehead atoms. The number of benzene rings is 2. The fourth-order valence-corrected chi connectivity index (χ4v) is 3.71.